The Hall–Kier alpha value is -2.31. The van der Waals surface area contributed by atoms with E-state index in [0.29, 0.717) is 16.8 Å². The van der Waals surface area contributed by atoms with Gasteiger partial charge < -0.3 is 19.2 Å². The van der Waals surface area contributed by atoms with Gasteiger partial charge in [-0.1, -0.05) is 0 Å². The Balaban J connectivity index is 3.21. The number of aromatic nitrogens is 1. The molecule has 0 spiro atoms. The summed E-state index contributed by atoms with van der Waals surface area (Å²) >= 11 is 0. The standard InChI is InChI=1S/C17H25NO6/c1-10-12(9-14(20)23-6)11(7-8-13(19)22-5)15(18-10)16(21)24-17(2,3)4/h18H,7-9H2,1-6H3. The lowest BCUT2D eigenvalue weighted by molar-refractivity contribution is -0.141. The van der Waals surface area contributed by atoms with Crippen LogP contribution in [0.25, 0.3) is 0 Å². The van der Waals surface area contributed by atoms with Crippen LogP contribution in [0.5, 0.6) is 0 Å². The highest BCUT2D eigenvalue weighted by atomic mass is 16.6. The van der Waals surface area contributed by atoms with Crippen LogP contribution in [0.2, 0.25) is 0 Å². The van der Waals surface area contributed by atoms with E-state index in [1.165, 1.54) is 14.2 Å². The summed E-state index contributed by atoms with van der Waals surface area (Å²) in [6.45, 7) is 7.06. The quantitative estimate of drug-likeness (QED) is 0.630. The van der Waals surface area contributed by atoms with Gasteiger partial charge in [0, 0.05) is 12.1 Å². The van der Waals surface area contributed by atoms with Gasteiger partial charge in [-0.2, -0.15) is 0 Å². The van der Waals surface area contributed by atoms with Crippen LogP contribution in [-0.4, -0.2) is 42.7 Å². The summed E-state index contributed by atoms with van der Waals surface area (Å²) in [6.07, 6.45) is 0.369. The maximum Gasteiger partial charge on any atom is 0.355 e. The minimum atomic E-state index is -0.655. The molecule has 1 heterocycles. The summed E-state index contributed by atoms with van der Waals surface area (Å²) < 4.78 is 14.7. The van der Waals surface area contributed by atoms with Gasteiger partial charge in [-0.25, -0.2) is 4.79 Å². The van der Waals surface area contributed by atoms with Gasteiger partial charge >= 0.3 is 17.9 Å². The van der Waals surface area contributed by atoms with Crippen molar-refractivity contribution in [1.29, 1.82) is 0 Å². The van der Waals surface area contributed by atoms with E-state index in [1.54, 1.807) is 27.7 Å². The molecule has 0 aliphatic carbocycles. The monoisotopic (exact) mass is 339 g/mol. The third-order valence-corrected chi connectivity index (χ3v) is 3.39. The Morgan fingerprint density at radius 3 is 2.08 bits per heavy atom. The highest BCUT2D eigenvalue weighted by Gasteiger charge is 2.26. The second-order valence-electron chi connectivity index (χ2n) is 6.41. The Labute approximate surface area is 141 Å². The number of hydrogen-bond donors (Lipinski definition) is 1. The maximum atomic E-state index is 12.4. The Bertz CT molecular complexity index is 624. The minimum Gasteiger partial charge on any atom is -0.469 e. The van der Waals surface area contributed by atoms with Crippen molar-refractivity contribution in [3.05, 3.63) is 22.5 Å². The number of aromatic amines is 1. The Morgan fingerprint density at radius 1 is 1.00 bits per heavy atom. The molecule has 0 fully saturated rings. The lowest BCUT2D eigenvalue weighted by atomic mass is 10.0. The van der Waals surface area contributed by atoms with Gasteiger partial charge in [0.1, 0.15) is 11.3 Å². The average molecular weight is 339 g/mol. The normalized spacial score (nSPS) is 11.1. The van der Waals surface area contributed by atoms with Crippen molar-refractivity contribution < 1.29 is 28.6 Å². The Kier molecular flexibility index (Phi) is 6.57. The summed E-state index contributed by atoms with van der Waals surface area (Å²) in [7, 11) is 2.60. The van der Waals surface area contributed by atoms with Crippen molar-refractivity contribution in [1.82, 2.24) is 4.98 Å². The van der Waals surface area contributed by atoms with Crippen LogP contribution >= 0.6 is 0 Å². The summed E-state index contributed by atoms with van der Waals surface area (Å²) in [5, 5.41) is 0. The largest absolute Gasteiger partial charge is 0.469 e. The number of nitrogens with one attached hydrogen (secondary N) is 1. The summed E-state index contributed by atoms with van der Waals surface area (Å²) in [4.78, 5) is 38.5. The van der Waals surface area contributed by atoms with E-state index < -0.39 is 23.5 Å². The number of ether oxygens (including phenoxy) is 3. The van der Waals surface area contributed by atoms with Crippen LogP contribution in [0.1, 0.15) is 54.5 Å². The highest BCUT2D eigenvalue weighted by Crippen LogP contribution is 2.24. The van der Waals surface area contributed by atoms with E-state index in [4.69, 9.17) is 9.47 Å². The van der Waals surface area contributed by atoms with Gasteiger partial charge in [-0.15, -0.1) is 0 Å². The van der Waals surface area contributed by atoms with Crippen LogP contribution in [0, 0.1) is 6.92 Å². The van der Waals surface area contributed by atoms with Crippen molar-refractivity contribution in [3.8, 4) is 0 Å². The van der Waals surface area contributed by atoms with Crippen LogP contribution in [0.4, 0.5) is 0 Å². The number of carbonyl (C=O) groups excluding carboxylic acids is 3. The molecule has 0 saturated carbocycles. The fourth-order valence-corrected chi connectivity index (χ4v) is 2.28. The fourth-order valence-electron chi connectivity index (χ4n) is 2.28. The molecule has 1 N–H and O–H groups in total. The number of rotatable bonds is 6. The van der Waals surface area contributed by atoms with Gasteiger partial charge in [-0.3, -0.25) is 9.59 Å². The van der Waals surface area contributed by atoms with Crippen molar-refractivity contribution in [2.75, 3.05) is 14.2 Å². The van der Waals surface area contributed by atoms with Gasteiger partial charge in [0.15, 0.2) is 0 Å². The SMILES string of the molecule is COC(=O)CCc1c(C(=O)OC(C)(C)C)[nH]c(C)c1CC(=O)OC. The first-order chi connectivity index (χ1) is 11.1. The second kappa shape index (κ2) is 7.99. The zero-order valence-electron chi connectivity index (χ0n) is 15.1. The molecule has 0 radical (unpaired) electrons. The maximum absolute atomic E-state index is 12.4. The number of methoxy groups -OCH3 is 2. The number of esters is 3. The molecule has 1 aromatic heterocycles. The van der Waals surface area contributed by atoms with Crippen molar-refractivity contribution in [2.24, 2.45) is 0 Å². The number of aryl methyl sites for hydroxylation is 1. The topological polar surface area (TPSA) is 94.7 Å². The first-order valence-electron chi connectivity index (χ1n) is 7.66. The molecular weight excluding hydrogens is 314 g/mol. The summed E-state index contributed by atoms with van der Waals surface area (Å²) in [6, 6.07) is 0. The zero-order valence-corrected chi connectivity index (χ0v) is 15.1. The molecule has 24 heavy (non-hydrogen) atoms. The van der Waals surface area contributed by atoms with E-state index in [2.05, 4.69) is 9.72 Å². The molecule has 0 aliphatic rings. The molecule has 0 unspecified atom stereocenters. The van der Waals surface area contributed by atoms with E-state index >= 15 is 0 Å². The molecule has 0 bridgehead atoms. The molecule has 1 rings (SSSR count). The third kappa shape index (κ3) is 5.40. The first kappa shape index (κ1) is 19.7. The molecule has 0 aromatic carbocycles. The molecule has 134 valence electrons. The van der Waals surface area contributed by atoms with E-state index in [9.17, 15) is 14.4 Å². The van der Waals surface area contributed by atoms with Gasteiger partial charge in [0.25, 0.3) is 0 Å². The fraction of sp³-hybridized carbons (Fsp3) is 0.588. The van der Waals surface area contributed by atoms with E-state index in [-0.39, 0.29) is 25.0 Å². The molecule has 1 aromatic rings. The van der Waals surface area contributed by atoms with E-state index in [0.717, 1.165) is 0 Å². The summed E-state index contributed by atoms with van der Waals surface area (Å²) in [5.41, 5.74) is 1.49. The molecule has 0 atom stereocenters. The number of hydrogen-bond acceptors (Lipinski definition) is 6. The second-order valence-corrected chi connectivity index (χ2v) is 6.41. The number of carbonyl (C=O) groups is 3. The molecule has 0 saturated heterocycles. The van der Waals surface area contributed by atoms with Gasteiger partial charge in [-0.05, 0) is 45.2 Å². The lowest BCUT2D eigenvalue weighted by Crippen LogP contribution is -2.25. The van der Waals surface area contributed by atoms with Crippen LogP contribution < -0.4 is 0 Å². The molecule has 7 heteroatoms. The smallest absolute Gasteiger partial charge is 0.355 e. The van der Waals surface area contributed by atoms with Crippen LogP contribution in [-0.2, 0) is 36.6 Å². The van der Waals surface area contributed by atoms with Gasteiger partial charge in [0.05, 0.1) is 20.6 Å². The van der Waals surface area contributed by atoms with Crippen molar-refractivity contribution in [3.63, 3.8) is 0 Å². The summed E-state index contributed by atoms with van der Waals surface area (Å²) in [5.74, 6) is -1.35. The van der Waals surface area contributed by atoms with Gasteiger partial charge in [0.2, 0.25) is 0 Å². The number of H-pyrrole nitrogens is 1. The molecule has 0 amide bonds. The van der Waals surface area contributed by atoms with Crippen molar-refractivity contribution in [2.45, 2.75) is 52.6 Å². The third-order valence-electron chi connectivity index (χ3n) is 3.39. The average Bonchev–Trinajstić information content (AvgIpc) is 2.79. The molecular formula is C17H25NO6. The minimum absolute atomic E-state index is 0.0120. The first-order valence-corrected chi connectivity index (χ1v) is 7.66. The van der Waals surface area contributed by atoms with Crippen LogP contribution in [0.15, 0.2) is 0 Å². The van der Waals surface area contributed by atoms with Crippen molar-refractivity contribution >= 4 is 17.9 Å². The zero-order chi connectivity index (χ0) is 18.5. The van der Waals surface area contributed by atoms with Crippen LogP contribution in [0.3, 0.4) is 0 Å². The lowest BCUT2D eigenvalue weighted by Gasteiger charge is -2.19. The molecule has 0 aliphatic heterocycles. The molecule has 7 nitrogen and oxygen atoms in total. The van der Waals surface area contributed by atoms with E-state index in [1.807, 2.05) is 0 Å². The Morgan fingerprint density at radius 2 is 1.58 bits per heavy atom. The predicted octanol–water partition coefficient (Wildman–Crippen LogP) is 2.10. The highest BCUT2D eigenvalue weighted by molar-refractivity contribution is 5.91. The predicted molar refractivity (Wildman–Crippen MR) is 86.8 cm³/mol.